The number of amides is 1. The van der Waals surface area contributed by atoms with Gasteiger partial charge in [-0.3, -0.25) is 4.79 Å². The van der Waals surface area contributed by atoms with Crippen molar-refractivity contribution in [3.63, 3.8) is 0 Å². The number of carbonyl (C=O) groups is 1. The van der Waals surface area contributed by atoms with E-state index in [0.717, 1.165) is 28.8 Å². The van der Waals surface area contributed by atoms with E-state index in [2.05, 4.69) is 25.6 Å². The van der Waals surface area contributed by atoms with Gasteiger partial charge in [-0.05, 0) is 59.4 Å². The average Bonchev–Trinajstić information content (AvgIpc) is 2.79. The lowest BCUT2D eigenvalue weighted by atomic mass is 9.98. The summed E-state index contributed by atoms with van der Waals surface area (Å²) in [5, 5.41) is 0. The maximum Gasteiger partial charge on any atom is 0.250 e. The number of anilines is 1. The minimum Gasteiger partial charge on any atom is -0.312 e. The number of hydrogen-bond acceptors (Lipinski definition) is 1. The minimum atomic E-state index is -0.241. The fourth-order valence-electron chi connectivity index (χ4n) is 3.50. The fourth-order valence-corrected chi connectivity index (χ4v) is 3.50. The summed E-state index contributed by atoms with van der Waals surface area (Å²) in [6.07, 6.45) is 5.98. The number of likely N-dealkylation sites (N-methyl/N-ethyl adjacent to an activating group) is 1. The molecule has 30 heavy (non-hydrogen) atoms. The molecule has 0 saturated carbocycles. The number of halogens is 1. The van der Waals surface area contributed by atoms with Crippen molar-refractivity contribution in [2.24, 2.45) is 0 Å². The van der Waals surface area contributed by atoms with Gasteiger partial charge in [-0.1, -0.05) is 74.9 Å². The van der Waals surface area contributed by atoms with Crippen molar-refractivity contribution in [1.29, 1.82) is 0 Å². The zero-order valence-electron chi connectivity index (χ0n) is 17.7. The van der Waals surface area contributed by atoms with E-state index in [1.165, 1.54) is 35.8 Å². The maximum atomic E-state index is 14.9. The second kappa shape index (κ2) is 10.0. The third-order valence-corrected chi connectivity index (χ3v) is 5.40. The maximum absolute atomic E-state index is 14.9. The fraction of sp³-hybridized carbons (Fsp3) is 0.222. The molecule has 0 atom stereocenters. The molecule has 0 fully saturated rings. The Bertz CT molecular complexity index is 1010. The van der Waals surface area contributed by atoms with Gasteiger partial charge in [-0.25, -0.2) is 4.39 Å². The number of aryl methyl sites for hydroxylation is 1. The van der Waals surface area contributed by atoms with Crippen molar-refractivity contribution >= 4 is 11.6 Å². The normalized spacial score (nSPS) is 10.6. The molecule has 154 valence electrons. The minimum absolute atomic E-state index is 0.172. The van der Waals surface area contributed by atoms with Gasteiger partial charge >= 0.3 is 0 Å². The number of rotatable bonds is 8. The van der Waals surface area contributed by atoms with Gasteiger partial charge in [-0.2, -0.15) is 0 Å². The van der Waals surface area contributed by atoms with Crippen LogP contribution in [-0.4, -0.2) is 13.0 Å². The molecule has 0 aliphatic rings. The van der Waals surface area contributed by atoms with Crippen LogP contribution in [0.2, 0.25) is 0 Å². The highest BCUT2D eigenvalue weighted by Crippen LogP contribution is 2.29. The van der Waals surface area contributed by atoms with E-state index in [-0.39, 0.29) is 11.7 Å². The molecule has 0 aromatic heterocycles. The van der Waals surface area contributed by atoms with Gasteiger partial charge in [0, 0.05) is 18.3 Å². The molecule has 0 unspecified atom stereocenters. The molecule has 3 aromatic carbocycles. The van der Waals surface area contributed by atoms with Gasteiger partial charge in [0.05, 0.1) is 0 Å². The van der Waals surface area contributed by atoms with Crippen molar-refractivity contribution in [3.05, 3.63) is 90.8 Å². The number of benzene rings is 3. The van der Waals surface area contributed by atoms with Crippen LogP contribution in [0.5, 0.6) is 0 Å². The van der Waals surface area contributed by atoms with Crippen molar-refractivity contribution in [2.75, 3.05) is 11.9 Å². The molecule has 3 heteroatoms. The predicted octanol–water partition coefficient (Wildman–Crippen LogP) is 7.04. The zero-order valence-corrected chi connectivity index (χ0v) is 17.7. The van der Waals surface area contributed by atoms with Gasteiger partial charge in [0.25, 0.3) is 0 Å². The molecule has 0 radical (unpaired) electrons. The number of carbonyl (C=O) groups excluding carboxylic acids is 1. The Balaban J connectivity index is 1.76. The van der Waals surface area contributed by atoms with Crippen LogP contribution >= 0.6 is 0 Å². The number of hydrogen-bond donors (Lipinski definition) is 0. The number of nitrogens with zero attached hydrogens (tertiary/aromatic N) is 1. The third kappa shape index (κ3) is 5.04. The Morgan fingerprint density at radius 1 is 0.933 bits per heavy atom. The van der Waals surface area contributed by atoms with Crippen molar-refractivity contribution in [1.82, 2.24) is 0 Å². The van der Waals surface area contributed by atoms with Gasteiger partial charge in [0.15, 0.2) is 0 Å². The Morgan fingerprint density at radius 3 is 2.17 bits per heavy atom. The van der Waals surface area contributed by atoms with E-state index in [0.29, 0.717) is 5.56 Å². The van der Waals surface area contributed by atoms with Gasteiger partial charge in [0.1, 0.15) is 5.82 Å². The lowest BCUT2D eigenvalue weighted by molar-refractivity contribution is -0.113. The van der Waals surface area contributed by atoms with Crippen molar-refractivity contribution in [2.45, 2.75) is 32.6 Å². The summed E-state index contributed by atoms with van der Waals surface area (Å²) in [4.78, 5) is 13.2. The Kier molecular flexibility index (Phi) is 7.18. The molecule has 2 nitrogen and oxygen atoms in total. The van der Waals surface area contributed by atoms with Gasteiger partial charge in [0.2, 0.25) is 5.91 Å². The molecule has 0 aliphatic carbocycles. The Labute approximate surface area is 178 Å². The average molecular weight is 402 g/mol. The first-order valence-electron chi connectivity index (χ1n) is 10.4. The lowest BCUT2D eigenvalue weighted by Crippen LogP contribution is -2.23. The topological polar surface area (TPSA) is 20.3 Å². The van der Waals surface area contributed by atoms with Crippen LogP contribution in [0.1, 0.15) is 31.7 Å². The first-order valence-corrected chi connectivity index (χ1v) is 10.4. The van der Waals surface area contributed by atoms with Crippen LogP contribution in [0.15, 0.2) is 79.4 Å². The lowest BCUT2D eigenvalue weighted by Gasteiger charge is -2.15. The third-order valence-electron chi connectivity index (χ3n) is 5.40. The molecule has 0 bridgehead atoms. The Hall–Kier alpha value is -3.20. The van der Waals surface area contributed by atoms with E-state index in [1.807, 2.05) is 48.5 Å². The summed E-state index contributed by atoms with van der Waals surface area (Å²) < 4.78 is 14.9. The van der Waals surface area contributed by atoms with Crippen LogP contribution in [0.25, 0.3) is 22.3 Å². The highest BCUT2D eigenvalue weighted by Gasteiger charge is 2.10. The van der Waals surface area contributed by atoms with E-state index in [9.17, 15) is 9.18 Å². The summed E-state index contributed by atoms with van der Waals surface area (Å²) in [5.41, 5.74) is 5.25. The second-order valence-corrected chi connectivity index (χ2v) is 7.50. The summed E-state index contributed by atoms with van der Waals surface area (Å²) in [7, 11) is 1.70. The molecule has 0 spiro atoms. The highest BCUT2D eigenvalue weighted by atomic mass is 19.1. The highest BCUT2D eigenvalue weighted by molar-refractivity contribution is 6.00. The molecule has 1 amide bonds. The van der Waals surface area contributed by atoms with E-state index >= 15 is 0 Å². The van der Waals surface area contributed by atoms with Gasteiger partial charge in [-0.15, -0.1) is 0 Å². The quantitative estimate of drug-likeness (QED) is 0.293. The van der Waals surface area contributed by atoms with E-state index in [4.69, 9.17) is 0 Å². The SMILES string of the molecule is C=CC(=O)N(C)c1ccc(-c2ccc(-c3ccc(CCCCC)cc3)c(F)c2)cc1. The first-order chi connectivity index (χ1) is 14.5. The largest absolute Gasteiger partial charge is 0.312 e. The Morgan fingerprint density at radius 2 is 1.57 bits per heavy atom. The van der Waals surface area contributed by atoms with E-state index < -0.39 is 0 Å². The van der Waals surface area contributed by atoms with E-state index in [1.54, 1.807) is 13.1 Å². The molecular weight excluding hydrogens is 373 g/mol. The van der Waals surface area contributed by atoms with Crippen LogP contribution in [0.4, 0.5) is 10.1 Å². The standard InChI is InChI=1S/C27H28FNO/c1-4-6-7-8-20-9-11-22(12-10-20)25-18-15-23(19-26(25)28)21-13-16-24(17-14-21)29(3)27(30)5-2/h5,9-19H,2,4,6-8H2,1,3H3. The van der Waals surface area contributed by atoms with Crippen molar-refractivity contribution in [3.8, 4) is 22.3 Å². The molecule has 0 N–H and O–H groups in total. The van der Waals surface area contributed by atoms with Gasteiger partial charge < -0.3 is 4.90 Å². The first kappa shape index (κ1) is 21.5. The van der Waals surface area contributed by atoms with Crippen LogP contribution in [-0.2, 0) is 11.2 Å². The van der Waals surface area contributed by atoms with Crippen LogP contribution < -0.4 is 4.90 Å². The molecule has 3 rings (SSSR count). The second-order valence-electron chi connectivity index (χ2n) is 7.50. The van der Waals surface area contributed by atoms with Crippen LogP contribution in [0, 0.1) is 5.82 Å². The summed E-state index contributed by atoms with van der Waals surface area (Å²) in [5.74, 6) is -0.413. The number of unbranched alkanes of at least 4 members (excludes halogenated alkanes) is 2. The zero-order chi connectivity index (χ0) is 21.5. The summed E-state index contributed by atoms with van der Waals surface area (Å²) in [6.45, 7) is 5.70. The van der Waals surface area contributed by atoms with Crippen LogP contribution in [0.3, 0.4) is 0 Å². The molecular formula is C27H28FNO. The van der Waals surface area contributed by atoms with Crippen molar-refractivity contribution < 1.29 is 9.18 Å². The summed E-state index contributed by atoms with van der Waals surface area (Å²) in [6, 6.07) is 21.0. The predicted molar refractivity (Wildman–Crippen MR) is 124 cm³/mol. The molecule has 0 aliphatic heterocycles. The smallest absolute Gasteiger partial charge is 0.250 e. The molecule has 3 aromatic rings. The molecule has 0 saturated heterocycles. The summed E-state index contributed by atoms with van der Waals surface area (Å²) >= 11 is 0. The molecule has 0 heterocycles. The monoisotopic (exact) mass is 401 g/mol.